The molecule has 0 amide bonds. The van der Waals surface area contributed by atoms with Crippen LogP contribution in [0.25, 0.3) is 0 Å². The molecule has 1 atom stereocenters. The molecule has 3 radical (unpaired) electrons. The first kappa shape index (κ1) is 10.9. The molecule has 2 nitrogen and oxygen atoms in total. The van der Waals surface area contributed by atoms with E-state index in [0.717, 1.165) is 5.92 Å². The van der Waals surface area contributed by atoms with E-state index in [0.29, 0.717) is 0 Å². The highest BCUT2D eigenvalue weighted by atomic mass is 16.3. The smallest absolute Gasteiger partial charge is 0.0483 e. The van der Waals surface area contributed by atoms with E-state index in [2.05, 4.69) is 6.92 Å². The minimum Gasteiger partial charge on any atom is -0.396 e. The molecule has 0 aromatic carbocycles. The molecule has 0 aliphatic heterocycles. The minimum absolute atomic E-state index is 0.0292. The monoisotopic (exact) mass is 157 g/mol. The van der Waals surface area contributed by atoms with Crippen LogP contribution in [0.4, 0.5) is 0 Å². The minimum atomic E-state index is -0.0494. The molecule has 2 heteroatoms. The Morgan fingerprint density at radius 2 is 1.91 bits per heavy atom. The van der Waals surface area contributed by atoms with Crippen LogP contribution in [-0.4, -0.2) is 23.4 Å². The summed E-state index contributed by atoms with van der Waals surface area (Å²) >= 11 is 0. The van der Waals surface area contributed by atoms with Crippen molar-refractivity contribution in [3.05, 3.63) is 19.3 Å². The molecule has 11 heavy (non-hydrogen) atoms. The topological polar surface area (TPSA) is 40.5 Å². The number of aliphatic hydroxyl groups excluding tert-OH is 2. The van der Waals surface area contributed by atoms with E-state index in [-0.39, 0.29) is 25.0 Å². The number of rotatable bonds is 5. The normalized spacial score (nSPS) is 14.5. The molecule has 0 saturated heterocycles. The van der Waals surface area contributed by atoms with Crippen LogP contribution in [-0.2, 0) is 0 Å². The molecular weight excluding hydrogens is 140 g/mol. The molecule has 0 spiro atoms. The van der Waals surface area contributed by atoms with Crippen molar-refractivity contribution in [2.24, 2.45) is 11.8 Å². The Kier molecular flexibility index (Phi) is 5.51. The van der Waals surface area contributed by atoms with E-state index < -0.39 is 0 Å². The number of hydrogen-bond acceptors (Lipinski definition) is 2. The Morgan fingerprint density at radius 1 is 1.45 bits per heavy atom. The van der Waals surface area contributed by atoms with Crippen LogP contribution in [0, 0.1) is 31.1 Å². The lowest BCUT2D eigenvalue weighted by Crippen LogP contribution is -2.21. The third kappa shape index (κ3) is 4.38. The van der Waals surface area contributed by atoms with Crippen molar-refractivity contribution >= 4 is 0 Å². The average molecular weight is 157 g/mol. The standard InChI is InChI=1S/C9H17O2/c1-7(2)4-8(3)9(5-10)6-11/h4,8-11H,1,5-6H2,2-3H3. The van der Waals surface area contributed by atoms with Gasteiger partial charge in [-0.05, 0) is 25.2 Å². The van der Waals surface area contributed by atoms with Crippen LogP contribution in [0.1, 0.15) is 13.8 Å². The van der Waals surface area contributed by atoms with E-state index in [1.54, 1.807) is 0 Å². The molecule has 0 heterocycles. The van der Waals surface area contributed by atoms with Crippen molar-refractivity contribution in [3.8, 4) is 0 Å². The Bertz CT molecular complexity index is 87.6. The van der Waals surface area contributed by atoms with Crippen LogP contribution in [0.5, 0.6) is 0 Å². The maximum atomic E-state index is 8.80. The van der Waals surface area contributed by atoms with Crippen LogP contribution in [0.3, 0.4) is 0 Å². The van der Waals surface area contributed by atoms with Gasteiger partial charge in [0.2, 0.25) is 0 Å². The maximum absolute atomic E-state index is 8.80. The van der Waals surface area contributed by atoms with Gasteiger partial charge < -0.3 is 10.2 Å². The summed E-state index contributed by atoms with van der Waals surface area (Å²) in [5.74, 6) is 1.12. The predicted molar refractivity (Wildman–Crippen MR) is 45.4 cm³/mol. The van der Waals surface area contributed by atoms with Crippen molar-refractivity contribution in [3.63, 3.8) is 0 Å². The fraction of sp³-hybridized carbons (Fsp3) is 0.667. The lowest BCUT2D eigenvalue weighted by Gasteiger charge is -2.20. The van der Waals surface area contributed by atoms with Gasteiger partial charge in [0.15, 0.2) is 0 Å². The summed E-state index contributed by atoms with van der Waals surface area (Å²) in [5, 5.41) is 17.6. The molecule has 2 N–H and O–H groups in total. The Balaban J connectivity index is 3.68. The highest BCUT2D eigenvalue weighted by Gasteiger charge is 2.16. The van der Waals surface area contributed by atoms with Crippen LogP contribution in [0.2, 0.25) is 0 Å². The second kappa shape index (κ2) is 5.56. The molecule has 0 saturated carbocycles. The third-order valence-electron chi connectivity index (χ3n) is 1.76. The quantitative estimate of drug-likeness (QED) is 0.621. The van der Waals surface area contributed by atoms with Gasteiger partial charge in [-0.15, -0.1) is 0 Å². The average Bonchev–Trinajstić information content (AvgIpc) is 1.88. The summed E-state index contributed by atoms with van der Waals surface area (Å²) in [6.07, 6.45) is 1.96. The summed E-state index contributed by atoms with van der Waals surface area (Å²) in [6.45, 7) is 7.65. The largest absolute Gasteiger partial charge is 0.396 e. The SMILES string of the molecule is [CH2][C](C)[CH]C(C)C(CO)CO. The summed E-state index contributed by atoms with van der Waals surface area (Å²) in [4.78, 5) is 0. The number of hydrogen-bond donors (Lipinski definition) is 2. The van der Waals surface area contributed by atoms with Gasteiger partial charge in [-0.25, -0.2) is 0 Å². The summed E-state index contributed by atoms with van der Waals surface area (Å²) < 4.78 is 0. The molecule has 0 aliphatic rings. The first-order valence-corrected chi connectivity index (χ1v) is 3.84. The van der Waals surface area contributed by atoms with Crippen molar-refractivity contribution in [2.75, 3.05) is 13.2 Å². The Morgan fingerprint density at radius 3 is 2.18 bits per heavy atom. The van der Waals surface area contributed by atoms with E-state index in [4.69, 9.17) is 10.2 Å². The van der Waals surface area contributed by atoms with Crippen molar-refractivity contribution < 1.29 is 10.2 Å². The van der Waals surface area contributed by atoms with Gasteiger partial charge >= 0.3 is 0 Å². The first-order valence-electron chi connectivity index (χ1n) is 3.84. The van der Waals surface area contributed by atoms with Crippen molar-refractivity contribution in [1.82, 2.24) is 0 Å². The van der Waals surface area contributed by atoms with E-state index in [9.17, 15) is 0 Å². The molecule has 0 bridgehead atoms. The van der Waals surface area contributed by atoms with Crippen LogP contribution in [0.15, 0.2) is 0 Å². The van der Waals surface area contributed by atoms with Gasteiger partial charge in [0.05, 0.1) is 0 Å². The fourth-order valence-corrected chi connectivity index (χ4v) is 0.975. The second-order valence-electron chi connectivity index (χ2n) is 3.00. The number of aliphatic hydroxyl groups is 2. The van der Waals surface area contributed by atoms with Gasteiger partial charge in [-0.2, -0.15) is 0 Å². The summed E-state index contributed by atoms with van der Waals surface area (Å²) in [5.41, 5.74) is 0. The molecule has 0 aromatic rings. The van der Waals surface area contributed by atoms with Gasteiger partial charge in [0.25, 0.3) is 0 Å². The van der Waals surface area contributed by atoms with Gasteiger partial charge in [0.1, 0.15) is 0 Å². The van der Waals surface area contributed by atoms with Crippen molar-refractivity contribution in [1.29, 1.82) is 0 Å². The second-order valence-corrected chi connectivity index (χ2v) is 3.00. The lowest BCUT2D eigenvalue weighted by molar-refractivity contribution is 0.122. The lowest BCUT2D eigenvalue weighted by atomic mass is 9.88. The molecular formula is C9H17O2. The highest BCUT2D eigenvalue weighted by molar-refractivity contribution is 5.05. The zero-order valence-electron chi connectivity index (χ0n) is 7.25. The Labute approximate surface area is 69.2 Å². The molecule has 65 valence electrons. The molecule has 0 aromatic heterocycles. The first-order chi connectivity index (χ1) is 5.11. The fourth-order valence-electron chi connectivity index (χ4n) is 0.975. The van der Waals surface area contributed by atoms with Gasteiger partial charge in [-0.1, -0.05) is 13.8 Å². The molecule has 0 rings (SSSR count). The summed E-state index contributed by atoms with van der Waals surface area (Å²) in [6, 6.07) is 0. The van der Waals surface area contributed by atoms with Crippen LogP contribution < -0.4 is 0 Å². The summed E-state index contributed by atoms with van der Waals surface area (Å²) in [7, 11) is 0. The zero-order valence-corrected chi connectivity index (χ0v) is 7.25. The molecule has 0 fully saturated rings. The van der Waals surface area contributed by atoms with E-state index in [1.807, 2.05) is 20.3 Å². The van der Waals surface area contributed by atoms with Crippen molar-refractivity contribution in [2.45, 2.75) is 13.8 Å². The van der Waals surface area contributed by atoms with E-state index in [1.165, 1.54) is 0 Å². The van der Waals surface area contributed by atoms with Crippen LogP contribution >= 0.6 is 0 Å². The Hall–Kier alpha value is -0.0800. The van der Waals surface area contributed by atoms with Gasteiger partial charge in [-0.3, -0.25) is 0 Å². The predicted octanol–water partition coefficient (Wildman–Crippen LogP) is 0.856. The molecule has 1 unspecified atom stereocenters. The van der Waals surface area contributed by atoms with Gasteiger partial charge in [0, 0.05) is 19.1 Å². The molecule has 0 aliphatic carbocycles. The maximum Gasteiger partial charge on any atom is 0.0483 e. The highest BCUT2D eigenvalue weighted by Crippen LogP contribution is 2.18. The van der Waals surface area contributed by atoms with E-state index >= 15 is 0 Å². The third-order valence-corrected chi connectivity index (χ3v) is 1.76. The zero-order chi connectivity index (χ0) is 8.85.